The average Bonchev–Trinajstić information content (AvgIpc) is 2.77. The second-order valence-electron chi connectivity index (χ2n) is 8.12. The standard InChI is InChI=1S/C24H36O4S2Si/c1-24(2,3)31(21-11-7-5-8-12-21,22-13-9-6-10-14-22)28-20-18-26-16-15-25-17-19-27-23(29)30-4/h5-14H,15-20,30H2,1-4H3. The molecule has 0 aromatic heterocycles. The lowest BCUT2D eigenvalue weighted by atomic mass is 10.2. The lowest BCUT2D eigenvalue weighted by molar-refractivity contribution is 0.0260. The molecule has 0 unspecified atom stereocenters. The van der Waals surface area contributed by atoms with Gasteiger partial charge < -0.3 is 18.6 Å². The predicted molar refractivity (Wildman–Crippen MR) is 140 cm³/mol. The van der Waals surface area contributed by atoms with Crippen LogP contribution in [0.15, 0.2) is 60.7 Å². The van der Waals surface area contributed by atoms with E-state index in [1.165, 1.54) is 10.4 Å². The fourth-order valence-electron chi connectivity index (χ4n) is 3.60. The Morgan fingerprint density at radius 2 is 1.23 bits per heavy atom. The van der Waals surface area contributed by atoms with Gasteiger partial charge in [0, 0.05) is 0 Å². The molecule has 0 saturated heterocycles. The van der Waals surface area contributed by atoms with E-state index in [0.717, 1.165) is 0 Å². The highest BCUT2D eigenvalue weighted by molar-refractivity contribution is 8.22. The van der Waals surface area contributed by atoms with Crippen molar-refractivity contribution < 1.29 is 18.6 Å². The second-order valence-corrected chi connectivity index (χ2v) is 14.1. The molecule has 4 nitrogen and oxygen atoms in total. The van der Waals surface area contributed by atoms with Crippen molar-refractivity contribution in [3.8, 4) is 0 Å². The molecular weight excluding hydrogens is 444 g/mol. The minimum atomic E-state index is -2.49. The zero-order valence-electron chi connectivity index (χ0n) is 19.1. The summed E-state index contributed by atoms with van der Waals surface area (Å²) < 4.78 is 24.1. The molecule has 0 bridgehead atoms. The Morgan fingerprint density at radius 1 is 0.774 bits per heavy atom. The third-order valence-corrected chi connectivity index (χ3v) is 11.3. The summed E-state index contributed by atoms with van der Waals surface area (Å²) in [4.78, 5) is 0. The summed E-state index contributed by atoms with van der Waals surface area (Å²) in [5, 5.41) is 2.53. The summed E-state index contributed by atoms with van der Waals surface area (Å²) in [6.45, 7) is 9.99. The first kappa shape index (κ1) is 26.0. The van der Waals surface area contributed by atoms with Crippen molar-refractivity contribution in [1.29, 1.82) is 0 Å². The molecule has 0 heterocycles. The topological polar surface area (TPSA) is 36.9 Å². The number of benzene rings is 2. The molecule has 0 spiro atoms. The Balaban J connectivity index is 1.91. The number of hydrogen-bond donors (Lipinski definition) is 0. The van der Waals surface area contributed by atoms with E-state index in [1.807, 2.05) is 6.26 Å². The van der Waals surface area contributed by atoms with E-state index in [9.17, 15) is 0 Å². The molecule has 0 amide bonds. The van der Waals surface area contributed by atoms with Gasteiger partial charge in [0.25, 0.3) is 8.32 Å². The van der Waals surface area contributed by atoms with Crippen LogP contribution in [0.5, 0.6) is 0 Å². The number of ether oxygens (including phenoxy) is 3. The fourth-order valence-corrected chi connectivity index (χ4v) is 8.48. The van der Waals surface area contributed by atoms with Crippen LogP contribution in [-0.4, -0.2) is 58.6 Å². The van der Waals surface area contributed by atoms with Crippen molar-refractivity contribution in [3.05, 3.63) is 60.7 Å². The van der Waals surface area contributed by atoms with Gasteiger partial charge in [-0.3, -0.25) is 0 Å². The van der Waals surface area contributed by atoms with Crippen LogP contribution in [0.2, 0.25) is 5.04 Å². The van der Waals surface area contributed by atoms with Gasteiger partial charge in [0.1, 0.15) is 6.61 Å². The molecule has 2 aromatic carbocycles. The van der Waals surface area contributed by atoms with E-state index in [-0.39, 0.29) is 5.04 Å². The van der Waals surface area contributed by atoms with Gasteiger partial charge in [-0.15, -0.1) is 0 Å². The molecule has 0 radical (unpaired) electrons. The fraction of sp³-hybridized carbons (Fsp3) is 0.458. The van der Waals surface area contributed by atoms with Crippen molar-refractivity contribution >= 4 is 47.1 Å². The maximum Gasteiger partial charge on any atom is 0.261 e. The van der Waals surface area contributed by atoms with Crippen molar-refractivity contribution in [2.75, 3.05) is 45.9 Å². The van der Waals surface area contributed by atoms with E-state index in [1.54, 1.807) is 0 Å². The Kier molecular flexibility index (Phi) is 11.2. The highest BCUT2D eigenvalue weighted by Gasteiger charge is 2.49. The van der Waals surface area contributed by atoms with Crippen LogP contribution < -0.4 is 10.4 Å². The molecule has 0 atom stereocenters. The van der Waals surface area contributed by atoms with Crippen LogP contribution in [0.25, 0.3) is 0 Å². The van der Waals surface area contributed by atoms with Crippen molar-refractivity contribution in [1.82, 2.24) is 0 Å². The molecule has 0 fully saturated rings. The van der Waals surface area contributed by atoms with Gasteiger partial charge in [-0.25, -0.2) is 0 Å². The minimum Gasteiger partial charge on any atom is -0.477 e. The molecule has 2 aromatic rings. The Morgan fingerprint density at radius 3 is 1.68 bits per heavy atom. The zero-order chi connectivity index (χ0) is 22.6. The molecular formula is C24H36O4S2Si. The van der Waals surface area contributed by atoms with E-state index in [2.05, 4.69) is 81.4 Å². The van der Waals surface area contributed by atoms with Crippen LogP contribution in [0.4, 0.5) is 0 Å². The van der Waals surface area contributed by atoms with Crippen LogP contribution >= 0.6 is 24.0 Å². The normalized spacial score (nSPS) is 12.6. The van der Waals surface area contributed by atoms with Gasteiger partial charge in [0.15, 0.2) is 4.38 Å². The van der Waals surface area contributed by atoms with E-state index >= 15 is 0 Å². The third-order valence-electron chi connectivity index (χ3n) is 5.00. The summed E-state index contributed by atoms with van der Waals surface area (Å²) >= 11 is 5.56. The van der Waals surface area contributed by atoms with E-state index in [0.29, 0.717) is 55.8 Å². The van der Waals surface area contributed by atoms with Crippen molar-refractivity contribution in [3.63, 3.8) is 0 Å². The van der Waals surface area contributed by atoms with Crippen LogP contribution in [0.3, 0.4) is 0 Å². The predicted octanol–water partition coefficient (Wildman–Crippen LogP) is 3.73. The van der Waals surface area contributed by atoms with Gasteiger partial charge in [-0.05, 0) is 33.9 Å². The van der Waals surface area contributed by atoms with Gasteiger partial charge in [-0.2, -0.15) is 11.8 Å². The molecule has 7 heteroatoms. The Labute approximate surface area is 197 Å². The maximum absolute atomic E-state index is 6.79. The molecule has 0 aliphatic carbocycles. The molecule has 0 aliphatic rings. The third kappa shape index (κ3) is 7.70. The molecule has 31 heavy (non-hydrogen) atoms. The summed E-state index contributed by atoms with van der Waals surface area (Å²) in [7, 11) is -2.49. The van der Waals surface area contributed by atoms with Crippen molar-refractivity contribution in [2.24, 2.45) is 0 Å². The molecule has 172 valence electrons. The first-order valence-electron chi connectivity index (χ1n) is 10.7. The smallest absolute Gasteiger partial charge is 0.261 e. The SMILES string of the molecule is C[SH2]C(=S)OCCOCCOCCO[Si](c1ccccc1)(c1ccccc1)C(C)(C)C. The van der Waals surface area contributed by atoms with Gasteiger partial charge in [0.2, 0.25) is 0 Å². The van der Waals surface area contributed by atoms with E-state index in [4.69, 9.17) is 30.9 Å². The lowest BCUT2D eigenvalue weighted by Gasteiger charge is -2.43. The first-order chi connectivity index (χ1) is 14.9. The quantitative estimate of drug-likeness (QED) is 0.263. The Hall–Kier alpha value is -1.22. The molecule has 2 rings (SSSR count). The summed E-state index contributed by atoms with van der Waals surface area (Å²) in [6.07, 6.45) is 2.01. The average molecular weight is 481 g/mol. The van der Waals surface area contributed by atoms with Gasteiger partial charge in [-0.1, -0.05) is 81.4 Å². The molecule has 0 saturated carbocycles. The van der Waals surface area contributed by atoms with Gasteiger partial charge in [0.05, 0.1) is 33.0 Å². The minimum absolute atomic E-state index is 0.0293. The Bertz CT molecular complexity index is 727. The summed E-state index contributed by atoms with van der Waals surface area (Å²) in [5.41, 5.74) is 0. The monoisotopic (exact) mass is 480 g/mol. The summed E-state index contributed by atoms with van der Waals surface area (Å²) in [6, 6.07) is 21.3. The van der Waals surface area contributed by atoms with Gasteiger partial charge >= 0.3 is 0 Å². The highest BCUT2D eigenvalue weighted by atomic mass is 32.2. The van der Waals surface area contributed by atoms with Crippen LogP contribution in [0.1, 0.15) is 20.8 Å². The first-order valence-corrected chi connectivity index (χ1v) is 14.5. The number of thiocarbonyl (C=S) groups is 1. The molecule has 0 aliphatic heterocycles. The number of hydrogen-bond acceptors (Lipinski definition) is 5. The van der Waals surface area contributed by atoms with Crippen LogP contribution in [0, 0.1) is 0 Å². The second kappa shape index (κ2) is 13.4. The largest absolute Gasteiger partial charge is 0.477 e. The maximum atomic E-state index is 6.79. The van der Waals surface area contributed by atoms with Crippen LogP contribution in [-0.2, 0) is 18.6 Å². The van der Waals surface area contributed by atoms with Crippen molar-refractivity contribution in [2.45, 2.75) is 25.8 Å². The number of rotatable bonds is 12. The lowest BCUT2D eigenvalue weighted by Crippen LogP contribution is -2.66. The summed E-state index contributed by atoms with van der Waals surface area (Å²) in [5.74, 6) is 0. The highest BCUT2D eigenvalue weighted by Crippen LogP contribution is 2.36. The van der Waals surface area contributed by atoms with E-state index < -0.39 is 8.32 Å². The zero-order valence-corrected chi connectivity index (χ0v) is 21.9. The molecule has 0 N–H and O–H groups in total.